The number of carbonyl (C=O) groups excluding carboxylic acids is 2. The molecule has 1 aromatic heterocycles. The number of imide groups is 1. The summed E-state index contributed by atoms with van der Waals surface area (Å²) in [5.74, 6) is -3.55. The van der Waals surface area contributed by atoms with Crippen LogP contribution in [0.5, 0.6) is 0 Å². The second kappa shape index (κ2) is 5.00. The summed E-state index contributed by atoms with van der Waals surface area (Å²) in [6.07, 6.45) is 0. The van der Waals surface area contributed by atoms with E-state index in [1.54, 1.807) is 0 Å². The maximum Gasteiger partial charge on any atom is 0.371 e. The molecule has 1 saturated heterocycles. The molecule has 0 bridgehead atoms. The van der Waals surface area contributed by atoms with Gasteiger partial charge in [-0.2, -0.15) is 4.31 Å². The van der Waals surface area contributed by atoms with E-state index in [0.717, 1.165) is 6.07 Å². The van der Waals surface area contributed by atoms with Crippen molar-refractivity contribution in [3.63, 3.8) is 0 Å². The molecule has 0 saturated carbocycles. The van der Waals surface area contributed by atoms with Gasteiger partial charge in [0.2, 0.25) is 27.6 Å². The van der Waals surface area contributed by atoms with Gasteiger partial charge in [-0.1, -0.05) is 0 Å². The third-order valence-electron chi connectivity index (χ3n) is 2.40. The Hall–Kier alpha value is -1.72. The summed E-state index contributed by atoms with van der Waals surface area (Å²) in [6.45, 7) is -1.07. The van der Waals surface area contributed by atoms with E-state index in [4.69, 9.17) is 9.52 Å². The number of halogens is 1. The third-order valence-corrected chi connectivity index (χ3v) is 5.05. The van der Waals surface area contributed by atoms with Crippen LogP contribution >= 0.6 is 15.9 Å². The van der Waals surface area contributed by atoms with Crippen LogP contribution in [0.4, 0.5) is 0 Å². The van der Waals surface area contributed by atoms with Gasteiger partial charge in [-0.25, -0.2) is 13.2 Å². The summed E-state index contributed by atoms with van der Waals surface area (Å²) in [4.78, 5) is 32.7. The minimum atomic E-state index is -4.22. The third kappa shape index (κ3) is 2.59. The number of amides is 2. The number of furan rings is 1. The molecule has 1 fully saturated rings. The summed E-state index contributed by atoms with van der Waals surface area (Å²) in [5.41, 5.74) is 0. The zero-order valence-electron chi connectivity index (χ0n) is 9.62. The lowest BCUT2D eigenvalue weighted by molar-refractivity contribution is -0.134. The molecule has 1 aromatic rings. The molecule has 1 aliphatic rings. The van der Waals surface area contributed by atoms with E-state index < -0.39 is 51.6 Å². The second-order valence-corrected chi connectivity index (χ2v) is 6.42. The van der Waals surface area contributed by atoms with E-state index in [1.807, 2.05) is 5.32 Å². The van der Waals surface area contributed by atoms with Gasteiger partial charge in [0, 0.05) is 6.07 Å². The van der Waals surface area contributed by atoms with E-state index >= 15 is 0 Å². The predicted octanol–water partition coefficient (Wildman–Crippen LogP) is -0.613. The van der Waals surface area contributed by atoms with E-state index in [1.165, 1.54) is 0 Å². The fraction of sp³-hybridized carbons (Fsp3) is 0.222. The van der Waals surface area contributed by atoms with Gasteiger partial charge in [-0.05, 0) is 15.9 Å². The van der Waals surface area contributed by atoms with E-state index in [-0.39, 0.29) is 4.67 Å². The fourth-order valence-corrected chi connectivity index (χ4v) is 3.81. The molecule has 2 N–H and O–H groups in total. The van der Waals surface area contributed by atoms with Crippen LogP contribution in [-0.2, 0) is 19.6 Å². The number of aromatic carboxylic acids is 1. The lowest BCUT2D eigenvalue weighted by Gasteiger charge is -2.24. The van der Waals surface area contributed by atoms with Crippen LogP contribution in [0.25, 0.3) is 0 Å². The van der Waals surface area contributed by atoms with Crippen molar-refractivity contribution >= 4 is 43.7 Å². The van der Waals surface area contributed by atoms with E-state index in [9.17, 15) is 22.8 Å². The molecule has 11 heteroatoms. The number of nitrogens with zero attached hydrogens (tertiary/aromatic N) is 1. The Morgan fingerprint density at radius 3 is 2.35 bits per heavy atom. The predicted molar refractivity (Wildman–Crippen MR) is 65.3 cm³/mol. The number of sulfonamides is 1. The molecule has 2 rings (SSSR count). The van der Waals surface area contributed by atoms with E-state index in [2.05, 4.69) is 15.9 Å². The first kappa shape index (κ1) is 14.7. The smallest absolute Gasteiger partial charge is 0.371 e. The van der Waals surface area contributed by atoms with Crippen molar-refractivity contribution in [2.45, 2.75) is 4.90 Å². The van der Waals surface area contributed by atoms with Gasteiger partial charge in [-0.15, -0.1) is 0 Å². The van der Waals surface area contributed by atoms with E-state index in [0.29, 0.717) is 4.31 Å². The van der Waals surface area contributed by atoms with Crippen molar-refractivity contribution in [3.05, 3.63) is 16.5 Å². The Labute approximate surface area is 120 Å². The highest BCUT2D eigenvalue weighted by molar-refractivity contribution is 9.10. The van der Waals surface area contributed by atoms with Crippen molar-refractivity contribution < 1.29 is 32.3 Å². The maximum atomic E-state index is 12.2. The van der Waals surface area contributed by atoms with Crippen LogP contribution in [0.1, 0.15) is 10.6 Å². The average molecular weight is 367 g/mol. The molecule has 0 aliphatic carbocycles. The Morgan fingerprint density at radius 1 is 1.35 bits per heavy atom. The van der Waals surface area contributed by atoms with Crippen LogP contribution in [-0.4, -0.2) is 48.7 Å². The number of rotatable bonds is 3. The molecule has 0 aromatic carbocycles. The van der Waals surface area contributed by atoms with Crippen molar-refractivity contribution in [2.75, 3.05) is 13.1 Å². The zero-order chi connectivity index (χ0) is 15.1. The molecule has 1 aliphatic heterocycles. The van der Waals surface area contributed by atoms with Crippen molar-refractivity contribution in [1.82, 2.24) is 9.62 Å². The molecule has 2 heterocycles. The molecule has 0 unspecified atom stereocenters. The van der Waals surface area contributed by atoms with Crippen LogP contribution in [0.15, 0.2) is 20.0 Å². The number of piperazine rings is 1. The van der Waals surface area contributed by atoms with Gasteiger partial charge < -0.3 is 9.52 Å². The summed E-state index contributed by atoms with van der Waals surface area (Å²) in [7, 11) is -4.22. The Balaban J connectivity index is 2.42. The first-order valence-corrected chi connectivity index (χ1v) is 7.30. The molecule has 20 heavy (non-hydrogen) atoms. The summed E-state index contributed by atoms with van der Waals surface area (Å²) in [5, 5.41) is 10.7. The van der Waals surface area contributed by atoms with Crippen molar-refractivity contribution in [1.29, 1.82) is 0 Å². The van der Waals surface area contributed by atoms with Crippen LogP contribution in [0.2, 0.25) is 0 Å². The Kier molecular flexibility index (Phi) is 3.67. The number of carbonyl (C=O) groups is 3. The van der Waals surface area contributed by atoms with Crippen LogP contribution in [0.3, 0.4) is 0 Å². The first-order valence-electron chi connectivity index (χ1n) is 5.07. The lowest BCUT2D eigenvalue weighted by Crippen LogP contribution is -2.53. The number of carboxylic acids is 1. The summed E-state index contributed by atoms with van der Waals surface area (Å²) >= 11 is 2.80. The first-order chi connectivity index (χ1) is 9.21. The van der Waals surface area contributed by atoms with Crippen molar-refractivity contribution in [2.24, 2.45) is 0 Å². The maximum absolute atomic E-state index is 12.2. The fourth-order valence-electron chi connectivity index (χ4n) is 1.55. The number of hydrogen-bond donors (Lipinski definition) is 2. The van der Waals surface area contributed by atoms with Gasteiger partial charge in [0.1, 0.15) is 4.90 Å². The normalized spacial score (nSPS) is 17.1. The monoisotopic (exact) mass is 366 g/mol. The topological polar surface area (TPSA) is 134 Å². The van der Waals surface area contributed by atoms with Gasteiger partial charge in [0.05, 0.1) is 13.1 Å². The molecule has 0 radical (unpaired) electrons. The van der Waals surface area contributed by atoms with Gasteiger partial charge in [0.15, 0.2) is 4.67 Å². The quantitative estimate of drug-likeness (QED) is 0.681. The van der Waals surface area contributed by atoms with Gasteiger partial charge in [-0.3, -0.25) is 14.9 Å². The van der Waals surface area contributed by atoms with Gasteiger partial charge >= 0.3 is 5.97 Å². The van der Waals surface area contributed by atoms with Crippen LogP contribution < -0.4 is 5.32 Å². The molecular weight excluding hydrogens is 360 g/mol. The largest absolute Gasteiger partial charge is 0.475 e. The SMILES string of the molecule is O=C1CN(S(=O)(=O)c2cc(C(=O)O)oc2Br)CC(=O)N1. The summed E-state index contributed by atoms with van der Waals surface area (Å²) in [6, 6.07) is 0.804. The standard InChI is InChI=1S/C9H7BrN2O7S/c10-8-5(1-4(19-8)9(15)16)20(17,18)12-2-6(13)11-7(14)3-12/h1H,2-3H2,(H,15,16)(H,11,13,14). The van der Waals surface area contributed by atoms with Crippen molar-refractivity contribution in [3.8, 4) is 0 Å². The number of nitrogens with one attached hydrogen (secondary N) is 1. The lowest BCUT2D eigenvalue weighted by atomic mass is 10.4. The molecular formula is C9H7BrN2O7S. The second-order valence-electron chi connectivity index (χ2n) is 3.80. The Bertz CT molecular complexity index is 692. The highest BCUT2D eigenvalue weighted by Gasteiger charge is 2.36. The highest BCUT2D eigenvalue weighted by Crippen LogP contribution is 2.29. The minimum Gasteiger partial charge on any atom is -0.475 e. The highest BCUT2D eigenvalue weighted by atomic mass is 79.9. The number of carboxylic acid groups (broad SMARTS) is 1. The molecule has 108 valence electrons. The molecule has 0 atom stereocenters. The summed E-state index contributed by atoms with van der Waals surface area (Å²) < 4.78 is 29.5. The Morgan fingerprint density at radius 2 is 1.90 bits per heavy atom. The molecule has 9 nitrogen and oxygen atoms in total. The minimum absolute atomic E-state index is 0.312. The number of hydrogen-bond acceptors (Lipinski definition) is 6. The molecule has 0 spiro atoms. The zero-order valence-corrected chi connectivity index (χ0v) is 12.0. The van der Waals surface area contributed by atoms with Crippen LogP contribution in [0, 0.1) is 0 Å². The average Bonchev–Trinajstić information content (AvgIpc) is 2.71. The van der Waals surface area contributed by atoms with Gasteiger partial charge in [0.25, 0.3) is 0 Å². The molecule has 2 amide bonds.